The summed E-state index contributed by atoms with van der Waals surface area (Å²) in [5, 5.41) is 15.7. The number of benzene rings is 1. The first-order valence-electron chi connectivity index (χ1n) is 8.15. The molecule has 0 spiro atoms. The maximum absolute atomic E-state index is 11.8. The number of likely N-dealkylation sites (tertiary alicyclic amines) is 1. The van der Waals surface area contributed by atoms with Gasteiger partial charge in [0.2, 0.25) is 0 Å². The predicted molar refractivity (Wildman–Crippen MR) is 88.1 cm³/mol. The Hall–Kier alpha value is -1.75. The smallest absolute Gasteiger partial charge is 0.317 e. The maximum Gasteiger partial charge on any atom is 0.317 e. The molecule has 1 heterocycles. The predicted octanol–water partition coefficient (Wildman–Crippen LogP) is 2.11. The number of urea groups is 1. The van der Waals surface area contributed by atoms with Gasteiger partial charge in [-0.2, -0.15) is 0 Å². The Morgan fingerprint density at radius 3 is 2.82 bits per heavy atom. The van der Waals surface area contributed by atoms with Crippen molar-refractivity contribution in [2.75, 3.05) is 19.6 Å². The summed E-state index contributed by atoms with van der Waals surface area (Å²) < 4.78 is 0. The number of amides is 2. The number of nitrogens with zero attached hydrogens (tertiary/aromatic N) is 1. The molecule has 0 bridgehead atoms. The van der Waals surface area contributed by atoms with E-state index in [1.54, 1.807) is 12.1 Å². The topological polar surface area (TPSA) is 64.6 Å². The molecule has 0 aliphatic carbocycles. The van der Waals surface area contributed by atoms with Gasteiger partial charge in [-0.25, -0.2) is 4.79 Å². The average Bonchev–Trinajstić information content (AvgIpc) is 2.95. The monoisotopic (exact) mass is 305 g/mol. The molecule has 1 fully saturated rings. The summed E-state index contributed by atoms with van der Waals surface area (Å²) in [4.78, 5) is 13.7. The zero-order chi connectivity index (χ0) is 15.9. The van der Waals surface area contributed by atoms with E-state index < -0.39 is 0 Å². The van der Waals surface area contributed by atoms with Crippen molar-refractivity contribution in [3.8, 4) is 5.75 Å². The molecule has 22 heavy (non-hydrogen) atoms. The second-order valence-corrected chi connectivity index (χ2v) is 6.04. The van der Waals surface area contributed by atoms with Crippen molar-refractivity contribution in [2.45, 2.75) is 45.2 Å². The van der Waals surface area contributed by atoms with Gasteiger partial charge in [0.25, 0.3) is 0 Å². The molecule has 2 atom stereocenters. The number of carbonyl (C=O) groups excluding carboxylic acids is 1. The molecule has 2 rings (SSSR count). The van der Waals surface area contributed by atoms with Gasteiger partial charge >= 0.3 is 6.03 Å². The van der Waals surface area contributed by atoms with E-state index >= 15 is 0 Å². The zero-order valence-electron chi connectivity index (χ0n) is 13.5. The minimum absolute atomic E-state index is 0.0450. The molecule has 1 aromatic rings. The quantitative estimate of drug-likeness (QED) is 0.754. The van der Waals surface area contributed by atoms with E-state index in [9.17, 15) is 9.90 Å². The van der Waals surface area contributed by atoms with E-state index in [1.165, 1.54) is 5.56 Å². The SMILES string of the molecule is CCNC(=O)N1CCC(NC(C)CCc2ccc(O)cc2)C1. The lowest BCUT2D eigenvalue weighted by Crippen LogP contribution is -2.42. The lowest BCUT2D eigenvalue weighted by atomic mass is 10.1. The summed E-state index contributed by atoms with van der Waals surface area (Å²) in [7, 11) is 0. The van der Waals surface area contributed by atoms with Gasteiger partial charge in [-0.15, -0.1) is 0 Å². The van der Waals surface area contributed by atoms with Crippen LogP contribution in [0.5, 0.6) is 5.75 Å². The number of nitrogens with one attached hydrogen (secondary N) is 2. The third kappa shape index (κ3) is 4.91. The van der Waals surface area contributed by atoms with Crippen molar-refractivity contribution >= 4 is 6.03 Å². The first kappa shape index (κ1) is 16.6. The number of hydrogen-bond donors (Lipinski definition) is 3. The molecule has 1 aromatic carbocycles. The number of aromatic hydroxyl groups is 1. The summed E-state index contributed by atoms with van der Waals surface area (Å²) in [5.74, 6) is 0.311. The second kappa shape index (κ2) is 8.03. The van der Waals surface area contributed by atoms with Crippen LogP contribution < -0.4 is 10.6 Å². The number of phenolic OH excluding ortho intramolecular Hbond substituents is 1. The highest BCUT2D eigenvalue weighted by atomic mass is 16.3. The Bertz CT molecular complexity index is 475. The van der Waals surface area contributed by atoms with E-state index in [4.69, 9.17) is 0 Å². The van der Waals surface area contributed by atoms with E-state index in [0.29, 0.717) is 24.4 Å². The van der Waals surface area contributed by atoms with Crippen LogP contribution in [0.1, 0.15) is 32.3 Å². The van der Waals surface area contributed by atoms with Crippen molar-refractivity contribution in [3.05, 3.63) is 29.8 Å². The number of carbonyl (C=O) groups is 1. The van der Waals surface area contributed by atoms with E-state index in [-0.39, 0.29) is 6.03 Å². The lowest BCUT2D eigenvalue weighted by Gasteiger charge is -2.20. The van der Waals surface area contributed by atoms with Gasteiger partial charge in [0, 0.05) is 31.7 Å². The fourth-order valence-electron chi connectivity index (χ4n) is 2.88. The van der Waals surface area contributed by atoms with Crippen molar-refractivity contribution < 1.29 is 9.90 Å². The van der Waals surface area contributed by atoms with Crippen LogP contribution in [-0.2, 0) is 6.42 Å². The van der Waals surface area contributed by atoms with Crippen molar-refractivity contribution in [2.24, 2.45) is 0 Å². The van der Waals surface area contributed by atoms with Gasteiger partial charge < -0.3 is 20.6 Å². The highest BCUT2D eigenvalue weighted by Gasteiger charge is 2.26. The Morgan fingerprint density at radius 2 is 2.14 bits per heavy atom. The molecule has 2 unspecified atom stereocenters. The third-order valence-electron chi connectivity index (χ3n) is 4.13. The van der Waals surface area contributed by atoms with Crippen molar-refractivity contribution in [3.63, 3.8) is 0 Å². The highest BCUT2D eigenvalue weighted by molar-refractivity contribution is 5.74. The summed E-state index contributed by atoms with van der Waals surface area (Å²) in [6, 6.07) is 8.24. The molecule has 122 valence electrons. The average molecular weight is 305 g/mol. The van der Waals surface area contributed by atoms with Gasteiger partial charge in [0.1, 0.15) is 5.75 Å². The van der Waals surface area contributed by atoms with Crippen LogP contribution in [0.2, 0.25) is 0 Å². The van der Waals surface area contributed by atoms with Crippen LogP contribution in [0, 0.1) is 0 Å². The number of aryl methyl sites for hydroxylation is 1. The Balaban J connectivity index is 1.70. The number of phenols is 1. The van der Waals surface area contributed by atoms with Crippen LogP contribution in [-0.4, -0.2) is 47.8 Å². The fraction of sp³-hybridized carbons (Fsp3) is 0.588. The Kier molecular flexibility index (Phi) is 6.07. The van der Waals surface area contributed by atoms with Gasteiger partial charge in [-0.3, -0.25) is 0 Å². The number of rotatable bonds is 6. The summed E-state index contributed by atoms with van der Waals surface area (Å²) in [6.07, 6.45) is 3.05. The zero-order valence-corrected chi connectivity index (χ0v) is 13.5. The maximum atomic E-state index is 11.8. The van der Waals surface area contributed by atoms with Crippen LogP contribution in [0.4, 0.5) is 4.79 Å². The molecular weight excluding hydrogens is 278 g/mol. The molecule has 1 aliphatic rings. The summed E-state index contributed by atoms with van der Waals surface area (Å²) >= 11 is 0. The molecule has 2 amide bonds. The van der Waals surface area contributed by atoms with Gasteiger partial charge in [-0.05, 0) is 50.8 Å². The van der Waals surface area contributed by atoms with Crippen LogP contribution in [0.15, 0.2) is 24.3 Å². The van der Waals surface area contributed by atoms with E-state index in [0.717, 1.165) is 32.4 Å². The highest BCUT2D eigenvalue weighted by Crippen LogP contribution is 2.14. The summed E-state index contributed by atoms with van der Waals surface area (Å²) in [6.45, 7) is 6.42. The van der Waals surface area contributed by atoms with Gasteiger partial charge in [0.15, 0.2) is 0 Å². The van der Waals surface area contributed by atoms with E-state index in [1.807, 2.05) is 24.0 Å². The van der Waals surface area contributed by atoms with Gasteiger partial charge in [-0.1, -0.05) is 12.1 Å². The van der Waals surface area contributed by atoms with E-state index in [2.05, 4.69) is 17.6 Å². The largest absolute Gasteiger partial charge is 0.508 e. The van der Waals surface area contributed by atoms with Crippen molar-refractivity contribution in [1.29, 1.82) is 0 Å². The molecule has 1 saturated heterocycles. The first-order valence-corrected chi connectivity index (χ1v) is 8.15. The van der Waals surface area contributed by atoms with Crippen LogP contribution >= 0.6 is 0 Å². The molecule has 5 heteroatoms. The third-order valence-corrected chi connectivity index (χ3v) is 4.13. The Labute approximate surface area is 132 Å². The second-order valence-electron chi connectivity index (χ2n) is 6.04. The van der Waals surface area contributed by atoms with Gasteiger partial charge in [0.05, 0.1) is 0 Å². The minimum Gasteiger partial charge on any atom is -0.508 e. The molecular formula is C17H27N3O2. The molecule has 3 N–H and O–H groups in total. The summed E-state index contributed by atoms with van der Waals surface area (Å²) in [5.41, 5.74) is 1.24. The first-order chi connectivity index (χ1) is 10.6. The molecule has 0 aromatic heterocycles. The Morgan fingerprint density at radius 1 is 1.41 bits per heavy atom. The molecule has 0 radical (unpaired) electrons. The van der Waals surface area contributed by atoms with Crippen molar-refractivity contribution in [1.82, 2.24) is 15.5 Å². The number of hydrogen-bond acceptors (Lipinski definition) is 3. The van der Waals surface area contributed by atoms with Crippen LogP contribution in [0.3, 0.4) is 0 Å². The molecule has 5 nitrogen and oxygen atoms in total. The normalized spacial score (nSPS) is 19.2. The minimum atomic E-state index is 0.0450. The molecule has 0 saturated carbocycles. The standard InChI is InChI=1S/C17H27N3O2/c1-3-18-17(22)20-11-10-15(12-20)19-13(2)4-5-14-6-8-16(21)9-7-14/h6-9,13,15,19,21H,3-5,10-12H2,1-2H3,(H,18,22). The molecule has 1 aliphatic heterocycles. The van der Waals surface area contributed by atoms with Crippen LogP contribution in [0.25, 0.3) is 0 Å². The lowest BCUT2D eigenvalue weighted by molar-refractivity contribution is 0.208. The fourth-order valence-corrected chi connectivity index (χ4v) is 2.88.